The minimum atomic E-state index is -1.25. The van der Waals surface area contributed by atoms with Crippen LogP contribution in [0.4, 0.5) is 0 Å². The van der Waals surface area contributed by atoms with Gasteiger partial charge in [0.2, 0.25) is 11.8 Å². The van der Waals surface area contributed by atoms with Crippen molar-refractivity contribution in [3.8, 4) is 5.75 Å². The number of carbonyl (C=O) groups is 2. The number of aryl methyl sites for hydroxylation is 2. The van der Waals surface area contributed by atoms with Crippen LogP contribution in [0.25, 0.3) is 0 Å². The van der Waals surface area contributed by atoms with Gasteiger partial charge in [-0.2, -0.15) is 0 Å². The van der Waals surface area contributed by atoms with E-state index in [4.69, 9.17) is 14.2 Å². The van der Waals surface area contributed by atoms with Crippen LogP contribution in [-0.4, -0.2) is 113 Å². The molecule has 2 aromatic rings. The van der Waals surface area contributed by atoms with E-state index in [9.17, 15) is 19.8 Å². The summed E-state index contributed by atoms with van der Waals surface area (Å²) in [6, 6.07) is 9.23. The highest BCUT2D eigenvalue weighted by molar-refractivity contribution is 7.99. The lowest BCUT2D eigenvalue weighted by atomic mass is 9.82. The van der Waals surface area contributed by atoms with E-state index < -0.39 is 24.4 Å². The minimum absolute atomic E-state index is 0.0456. The normalized spacial score (nSPS) is 24.2. The van der Waals surface area contributed by atoms with Crippen molar-refractivity contribution in [3.63, 3.8) is 0 Å². The fraction of sp³-hybridized carbons (Fsp3) is 0.636. The number of hydrogen-bond acceptors (Lipinski definition) is 10. The molecule has 1 aromatic heterocycles. The van der Waals surface area contributed by atoms with Crippen LogP contribution in [0.15, 0.2) is 35.5 Å². The van der Waals surface area contributed by atoms with E-state index in [0.29, 0.717) is 43.4 Å². The van der Waals surface area contributed by atoms with Crippen molar-refractivity contribution in [3.05, 3.63) is 47.3 Å². The van der Waals surface area contributed by atoms with Crippen LogP contribution >= 0.6 is 11.8 Å². The van der Waals surface area contributed by atoms with Gasteiger partial charge in [0, 0.05) is 57.6 Å². The van der Waals surface area contributed by atoms with E-state index in [1.54, 1.807) is 12.0 Å². The standard InChI is InChI=1S/C33H50N4O7S/c1-21(2)27-17-36(24(5)38)18-29(43-7)32(41)28(39)19-44-14-9-8-13-37(31(27)25-11-10-12-26(16-25)42-6)30(40)20-45-33-34-22(3)15-23(4)35-33/h10-12,15-16,21,27-29,31-32,39,41H,8-9,13-14,17-20H2,1-7H3/t27-,28+,29+,31-,32+/m1/s1. The Bertz CT molecular complexity index is 1230. The predicted octanol–water partition coefficient (Wildman–Crippen LogP) is 3.43. The molecule has 250 valence electrons. The van der Waals surface area contributed by atoms with Gasteiger partial charge in [0.05, 0.1) is 25.5 Å². The molecule has 0 aliphatic carbocycles. The Morgan fingerprint density at radius 3 is 2.42 bits per heavy atom. The zero-order valence-corrected chi connectivity index (χ0v) is 28.5. The van der Waals surface area contributed by atoms with Gasteiger partial charge in [-0.15, -0.1) is 0 Å². The molecule has 2 heterocycles. The molecule has 11 nitrogen and oxygen atoms in total. The van der Waals surface area contributed by atoms with Crippen molar-refractivity contribution in [1.29, 1.82) is 0 Å². The number of carbonyl (C=O) groups excluding carboxylic acids is 2. The first-order valence-corrected chi connectivity index (χ1v) is 16.5. The van der Waals surface area contributed by atoms with Gasteiger partial charge in [-0.1, -0.05) is 37.7 Å². The summed E-state index contributed by atoms with van der Waals surface area (Å²) < 4.78 is 16.9. The van der Waals surface area contributed by atoms with Crippen molar-refractivity contribution in [2.24, 2.45) is 11.8 Å². The van der Waals surface area contributed by atoms with Gasteiger partial charge in [-0.25, -0.2) is 9.97 Å². The molecule has 1 fully saturated rings. The largest absolute Gasteiger partial charge is 0.497 e. The SMILES string of the molecule is COc1cccc([C@@H]2[C@@H](C(C)C)CN(C(C)=O)C[C@H](OC)[C@@H](O)[C@@H](O)COCCCCN2C(=O)CSc2nc(C)cc(C)n2)c1. The summed E-state index contributed by atoms with van der Waals surface area (Å²) in [4.78, 5) is 39.9. The van der Waals surface area contributed by atoms with Crippen LogP contribution < -0.4 is 4.74 Å². The lowest BCUT2D eigenvalue weighted by molar-refractivity contribution is -0.139. The summed E-state index contributed by atoms with van der Waals surface area (Å²) in [5.41, 5.74) is 2.58. The second-order valence-corrected chi connectivity index (χ2v) is 12.9. The number of methoxy groups -OCH3 is 2. The first kappa shape index (κ1) is 36.7. The van der Waals surface area contributed by atoms with Crippen LogP contribution in [0.2, 0.25) is 0 Å². The zero-order valence-electron chi connectivity index (χ0n) is 27.6. The second-order valence-electron chi connectivity index (χ2n) is 12.0. The van der Waals surface area contributed by atoms with E-state index in [0.717, 1.165) is 17.0 Å². The molecule has 1 aromatic carbocycles. The van der Waals surface area contributed by atoms with Crippen LogP contribution in [-0.2, 0) is 19.1 Å². The lowest BCUT2D eigenvalue weighted by Crippen LogP contribution is -2.51. The van der Waals surface area contributed by atoms with Crippen molar-refractivity contribution >= 4 is 23.6 Å². The predicted molar refractivity (Wildman–Crippen MR) is 173 cm³/mol. The number of rotatable bonds is 7. The van der Waals surface area contributed by atoms with Crippen molar-refractivity contribution in [2.45, 2.75) is 77.0 Å². The third kappa shape index (κ3) is 10.6. The number of ether oxygens (including phenoxy) is 3. The van der Waals surface area contributed by atoms with E-state index in [-0.39, 0.29) is 42.6 Å². The lowest BCUT2D eigenvalue weighted by Gasteiger charge is -2.42. The number of hydrogen-bond donors (Lipinski definition) is 2. The first-order chi connectivity index (χ1) is 21.4. The van der Waals surface area contributed by atoms with Crippen LogP contribution in [0.5, 0.6) is 5.75 Å². The highest BCUT2D eigenvalue weighted by atomic mass is 32.2. The fourth-order valence-electron chi connectivity index (χ4n) is 5.71. The second kappa shape index (κ2) is 17.8. The maximum absolute atomic E-state index is 14.3. The Kier molecular flexibility index (Phi) is 14.5. The van der Waals surface area contributed by atoms with Gasteiger partial charge in [-0.3, -0.25) is 9.59 Å². The number of aliphatic hydroxyl groups is 2. The quantitative estimate of drug-likeness (QED) is 0.340. The average Bonchev–Trinajstić information content (AvgIpc) is 3.00. The Morgan fingerprint density at radius 1 is 1.09 bits per heavy atom. The van der Waals surface area contributed by atoms with Crippen molar-refractivity contribution < 1.29 is 34.0 Å². The highest BCUT2D eigenvalue weighted by Crippen LogP contribution is 2.37. The Hall–Kier alpha value is -2.77. The topological polar surface area (TPSA) is 135 Å². The third-order valence-corrected chi connectivity index (χ3v) is 9.05. The molecule has 1 saturated heterocycles. The summed E-state index contributed by atoms with van der Waals surface area (Å²) >= 11 is 1.31. The molecule has 1 aliphatic rings. The third-order valence-electron chi connectivity index (χ3n) is 8.22. The van der Waals surface area contributed by atoms with E-state index in [1.807, 2.05) is 49.1 Å². The van der Waals surface area contributed by atoms with Gasteiger partial charge in [0.25, 0.3) is 0 Å². The van der Waals surface area contributed by atoms with E-state index in [2.05, 4.69) is 23.8 Å². The van der Waals surface area contributed by atoms with Crippen LogP contribution in [0.1, 0.15) is 56.6 Å². The average molecular weight is 647 g/mol. The molecule has 5 atom stereocenters. The molecule has 1 aliphatic heterocycles. The summed E-state index contributed by atoms with van der Waals surface area (Å²) in [7, 11) is 3.06. The summed E-state index contributed by atoms with van der Waals surface area (Å²) in [6.45, 7) is 10.6. The molecular formula is C33H50N4O7S. The van der Waals surface area contributed by atoms with Crippen molar-refractivity contribution in [2.75, 3.05) is 52.8 Å². The summed E-state index contributed by atoms with van der Waals surface area (Å²) in [6.07, 6.45) is -1.98. The van der Waals surface area contributed by atoms with E-state index in [1.165, 1.54) is 25.8 Å². The Balaban J connectivity index is 2.09. The molecule has 45 heavy (non-hydrogen) atoms. The monoisotopic (exact) mass is 646 g/mol. The molecule has 3 rings (SSSR count). The Labute approximate surface area is 271 Å². The molecule has 0 saturated carbocycles. The van der Waals surface area contributed by atoms with E-state index >= 15 is 0 Å². The highest BCUT2D eigenvalue weighted by Gasteiger charge is 2.37. The summed E-state index contributed by atoms with van der Waals surface area (Å²) in [5, 5.41) is 22.1. The fourth-order valence-corrected chi connectivity index (χ4v) is 6.54. The van der Waals surface area contributed by atoms with Gasteiger partial charge in [-0.05, 0) is 56.4 Å². The van der Waals surface area contributed by atoms with Crippen LogP contribution in [0.3, 0.4) is 0 Å². The first-order valence-electron chi connectivity index (χ1n) is 15.6. The molecule has 0 radical (unpaired) electrons. The number of thioether (sulfide) groups is 1. The maximum atomic E-state index is 14.3. The molecule has 0 unspecified atom stereocenters. The van der Waals surface area contributed by atoms with Gasteiger partial charge >= 0.3 is 0 Å². The molecule has 2 N–H and O–H groups in total. The maximum Gasteiger partial charge on any atom is 0.233 e. The summed E-state index contributed by atoms with van der Waals surface area (Å²) in [5.74, 6) is 0.393. The molecule has 2 amide bonds. The molecule has 12 heteroatoms. The van der Waals surface area contributed by atoms with Gasteiger partial charge in [0.1, 0.15) is 24.1 Å². The van der Waals surface area contributed by atoms with Crippen LogP contribution in [0, 0.1) is 25.7 Å². The molecular weight excluding hydrogens is 596 g/mol. The smallest absolute Gasteiger partial charge is 0.233 e. The zero-order chi connectivity index (χ0) is 33.1. The number of amides is 2. The molecule has 0 bridgehead atoms. The number of aromatic nitrogens is 2. The Morgan fingerprint density at radius 2 is 1.80 bits per heavy atom. The number of benzene rings is 1. The molecule has 0 spiro atoms. The number of nitrogens with zero attached hydrogens (tertiary/aromatic N) is 4. The van der Waals surface area contributed by atoms with Crippen molar-refractivity contribution in [1.82, 2.24) is 19.8 Å². The number of aliphatic hydroxyl groups excluding tert-OH is 2. The minimum Gasteiger partial charge on any atom is -0.497 e. The van der Waals surface area contributed by atoms with Gasteiger partial charge in [0.15, 0.2) is 5.16 Å². The van der Waals surface area contributed by atoms with Gasteiger partial charge < -0.3 is 34.2 Å².